The second-order valence-corrected chi connectivity index (χ2v) is 5.28. The van der Waals surface area contributed by atoms with Crippen molar-refractivity contribution in [3.05, 3.63) is 41.6 Å². The molecule has 1 aromatic heterocycles. The second-order valence-electron chi connectivity index (χ2n) is 5.28. The van der Waals surface area contributed by atoms with Gasteiger partial charge in [-0.25, -0.2) is 9.97 Å². The van der Waals surface area contributed by atoms with E-state index < -0.39 is 0 Å². The first-order valence-corrected chi connectivity index (χ1v) is 6.71. The Kier molecular flexibility index (Phi) is 4.15. The fourth-order valence-electron chi connectivity index (χ4n) is 1.98. The number of hydrogen-bond donors (Lipinski definition) is 1. The Morgan fingerprint density at radius 2 is 1.79 bits per heavy atom. The van der Waals surface area contributed by atoms with Crippen molar-refractivity contribution in [1.82, 2.24) is 9.97 Å². The van der Waals surface area contributed by atoms with Crippen LogP contribution in [0.5, 0.6) is 0 Å². The quantitative estimate of drug-likeness (QED) is 0.905. The Balaban J connectivity index is 2.41. The van der Waals surface area contributed by atoms with Crippen molar-refractivity contribution in [3.8, 4) is 11.4 Å². The molecule has 0 aliphatic heterocycles. The lowest BCUT2D eigenvalue weighted by molar-refractivity contribution is 0.635. The van der Waals surface area contributed by atoms with Crippen LogP contribution in [0.2, 0.25) is 0 Å². The van der Waals surface area contributed by atoms with E-state index in [1.54, 1.807) is 0 Å². The summed E-state index contributed by atoms with van der Waals surface area (Å²) in [5, 5.41) is 3.11. The number of anilines is 1. The maximum absolute atomic E-state index is 4.67. The summed E-state index contributed by atoms with van der Waals surface area (Å²) in [5.74, 6) is 2.26. The summed E-state index contributed by atoms with van der Waals surface area (Å²) in [6.07, 6.45) is 0.968. The van der Waals surface area contributed by atoms with Gasteiger partial charge in [0.2, 0.25) is 0 Å². The summed E-state index contributed by atoms with van der Waals surface area (Å²) in [5.41, 5.74) is 3.40. The van der Waals surface area contributed by atoms with E-state index in [1.807, 2.05) is 13.1 Å². The molecule has 19 heavy (non-hydrogen) atoms. The molecule has 0 saturated heterocycles. The first kappa shape index (κ1) is 13.5. The topological polar surface area (TPSA) is 37.8 Å². The zero-order valence-electron chi connectivity index (χ0n) is 12.1. The molecule has 0 atom stereocenters. The summed E-state index contributed by atoms with van der Waals surface area (Å²) in [4.78, 5) is 9.21. The van der Waals surface area contributed by atoms with Crippen molar-refractivity contribution in [3.63, 3.8) is 0 Å². The van der Waals surface area contributed by atoms with Crippen LogP contribution in [0, 0.1) is 12.8 Å². The predicted molar refractivity (Wildman–Crippen MR) is 80.3 cm³/mol. The molecule has 1 aromatic carbocycles. The smallest absolute Gasteiger partial charge is 0.161 e. The van der Waals surface area contributed by atoms with Crippen molar-refractivity contribution in [2.45, 2.75) is 27.2 Å². The van der Waals surface area contributed by atoms with E-state index >= 15 is 0 Å². The molecule has 2 rings (SSSR count). The Bertz CT molecular complexity index is 544. The van der Waals surface area contributed by atoms with E-state index in [2.05, 4.69) is 60.3 Å². The van der Waals surface area contributed by atoms with E-state index in [4.69, 9.17) is 0 Å². The molecule has 0 aliphatic carbocycles. The van der Waals surface area contributed by atoms with Gasteiger partial charge in [0.1, 0.15) is 5.82 Å². The maximum atomic E-state index is 4.67. The minimum atomic E-state index is 0.588. The normalized spacial score (nSPS) is 10.8. The van der Waals surface area contributed by atoms with Gasteiger partial charge in [-0.15, -0.1) is 0 Å². The van der Waals surface area contributed by atoms with Crippen molar-refractivity contribution in [2.24, 2.45) is 5.92 Å². The van der Waals surface area contributed by atoms with Crippen molar-refractivity contribution in [2.75, 3.05) is 12.4 Å². The molecule has 0 spiro atoms. The Morgan fingerprint density at radius 3 is 2.37 bits per heavy atom. The molecule has 0 radical (unpaired) electrons. The summed E-state index contributed by atoms with van der Waals surface area (Å²) >= 11 is 0. The first-order valence-electron chi connectivity index (χ1n) is 6.71. The van der Waals surface area contributed by atoms with E-state index in [1.165, 1.54) is 5.56 Å². The van der Waals surface area contributed by atoms with Crippen LogP contribution in [-0.2, 0) is 6.42 Å². The minimum absolute atomic E-state index is 0.588. The number of nitrogens with one attached hydrogen (secondary N) is 1. The average molecular weight is 255 g/mol. The Labute approximate surface area is 115 Å². The van der Waals surface area contributed by atoms with E-state index in [0.29, 0.717) is 5.92 Å². The van der Waals surface area contributed by atoms with Gasteiger partial charge in [-0.3, -0.25) is 0 Å². The third-order valence-corrected chi connectivity index (χ3v) is 2.96. The summed E-state index contributed by atoms with van der Waals surface area (Å²) < 4.78 is 0. The van der Waals surface area contributed by atoms with Gasteiger partial charge in [-0.2, -0.15) is 0 Å². The van der Waals surface area contributed by atoms with Gasteiger partial charge in [0.15, 0.2) is 5.82 Å². The lowest BCUT2D eigenvalue weighted by Crippen LogP contribution is -2.03. The summed E-state index contributed by atoms with van der Waals surface area (Å²) in [6, 6.07) is 10.4. The van der Waals surface area contributed by atoms with Crippen molar-refractivity contribution in [1.29, 1.82) is 0 Å². The van der Waals surface area contributed by atoms with Crippen LogP contribution >= 0.6 is 0 Å². The van der Waals surface area contributed by atoms with Crippen LogP contribution in [0.1, 0.15) is 25.1 Å². The molecule has 100 valence electrons. The van der Waals surface area contributed by atoms with Gasteiger partial charge in [0.25, 0.3) is 0 Å². The van der Waals surface area contributed by atoms with Crippen molar-refractivity contribution >= 4 is 5.82 Å². The molecule has 3 nitrogen and oxygen atoms in total. The van der Waals surface area contributed by atoms with Gasteiger partial charge >= 0.3 is 0 Å². The average Bonchev–Trinajstić information content (AvgIpc) is 2.38. The van der Waals surface area contributed by atoms with Gasteiger partial charge in [0.05, 0.1) is 0 Å². The summed E-state index contributed by atoms with van der Waals surface area (Å²) in [7, 11) is 1.89. The maximum Gasteiger partial charge on any atom is 0.161 e. The molecule has 2 aromatic rings. The molecule has 0 fully saturated rings. The van der Waals surface area contributed by atoms with Crippen LogP contribution in [-0.4, -0.2) is 17.0 Å². The highest BCUT2D eigenvalue weighted by molar-refractivity contribution is 5.58. The first-order chi connectivity index (χ1) is 9.08. The number of nitrogens with zero attached hydrogens (tertiary/aromatic N) is 2. The number of aryl methyl sites for hydroxylation is 1. The largest absolute Gasteiger partial charge is 0.373 e. The third-order valence-electron chi connectivity index (χ3n) is 2.96. The fraction of sp³-hybridized carbons (Fsp3) is 0.375. The standard InChI is InChI=1S/C16H21N3/c1-11(2)9-14-10-15(17-4)19-16(18-14)13-7-5-12(3)6-8-13/h5-8,10-11H,9H2,1-4H3,(H,17,18,19). The molecule has 1 heterocycles. The molecular formula is C16H21N3. The van der Waals surface area contributed by atoms with Gasteiger partial charge in [-0.1, -0.05) is 43.7 Å². The molecular weight excluding hydrogens is 234 g/mol. The molecule has 1 N–H and O–H groups in total. The Morgan fingerprint density at radius 1 is 1.11 bits per heavy atom. The minimum Gasteiger partial charge on any atom is -0.373 e. The van der Waals surface area contributed by atoms with Crippen LogP contribution in [0.25, 0.3) is 11.4 Å². The van der Waals surface area contributed by atoms with Crippen LogP contribution in [0.4, 0.5) is 5.82 Å². The number of aromatic nitrogens is 2. The lowest BCUT2D eigenvalue weighted by Gasteiger charge is -2.09. The van der Waals surface area contributed by atoms with Crippen LogP contribution < -0.4 is 5.32 Å². The molecule has 0 amide bonds. The highest BCUT2D eigenvalue weighted by Gasteiger charge is 2.07. The molecule has 0 bridgehead atoms. The van der Waals surface area contributed by atoms with E-state index in [0.717, 1.165) is 29.3 Å². The number of benzene rings is 1. The fourth-order valence-corrected chi connectivity index (χ4v) is 1.98. The third kappa shape index (κ3) is 3.53. The highest BCUT2D eigenvalue weighted by atomic mass is 15.0. The number of rotatable bonds is 4. The molecule has 0 saturated carbocycles. The van der Waals surface area contributed by atoms with E-state index in [9.17, 15) is 0 Å². The van der Waals surface area contributed by atoms with Crippen LogP contribution in [0.3, 0.4) is 0 Å². The van der Waals surface area contributed by atoms with Crippen molar-refractivity contribution < 1.29 is 0 Å². The van der Waals surface area contributed by atoms with Crippen LogP contribution in [0.15, 0.2) is 30.3 Å². The Hall–Kier alpha value is -1.90. The highest BCUT2D eigenvalue weighted by Crippen LogP contribution is 2.19. The van der Waals surface area contributed by atoms with E-state index in [-0.39, 0.29) is 0 Å². The summed E-state index contributed by atoms with van der Waals surface area (Å²) in [6.45, 7) is 6.48. The molecule has 0 aliphatic rings. The predicted octanol–water partition coefficient (Wildman–Crippen LogP) is 3.69. The zero-order valence-corrected chi connectivity index (χ0v) is 12.1. The van der Waals surface area contributed by atoms with Gasteiger partial charge in [-0.05, 0) is 19.3 Å². The monoisotopic (exact) mass is 255 g/mol. The van der Waals surface area contributed by atoms with Gasteiger partial charge < -0.3 is 5.32 Å². The zero-order chi connectivity index (χ0) is 13.8. The van der Waals surface area contributed by atoms with Gasteiger partial charge in [0, 0.05) is 24.4 Å². The second kappa shape index (κ2) is 5.83. The SMILES string of the molecule is CNc1cc(CC(C)C)nc(-c2ccc(C)cc2)n1. The molecule has 3 heteroatoms. The number of hydrogen-bond acceptors (Lipinski definition) is 3. The lowest BCUT2D eigenvalue weighted by atomic mass is 10.1. The molecule has 0 unspecified atom stereocenters.